The van der Waals surface area contributed by atoms with Crippen LogP contribution in [0.5, 0.6) is 0 Å². The molecule has 6 heteroatoms. The minimum atomic E-state index is -0.630. The summed E-state index contributed by atoms with van der Waals surface area (Å²) in [6, 6.07) is 9.40. The van der Waals surface area contributed by atoms with Crippen LogP contribution in [0.15, 0.2) is 54.9 Å². The molecule has 1 N–H and O–H groups in total. The summed E-state index contributed by atoms with van der Waals surface area (Å²) in [6.07, 6.45) is 9.33. The smallest absolute Gasteiger partial charge is 0.212 e. The van der Waals surface area contributed by atoms with Gasteiger partial charge in [0.25, 0.3) is 0 Å². The summed E-state index contributed by atoms with van der Waals surface area (Å²) in [7, 11) is 0. The topological polar surface area (TPSA) is 68.6 Å². The Morgan fingerprint density at radius 2 is 2.00 bits per heavy atom. The second kappa shape index (κ2) is 6.36. The number of rotatable bonds is 3. The average Bonchev–Trinajstić information content (AvgIpc) is 3.11. The maximum absolute atomic E-state index is 13.1. The van der Waals surface area contributed by atoms with E-state index in [1.54, 1.807) is 12.3 Å². The van der Waals surface area contributed by atoms with E-state index < -0.39 is 11.5 Å². The van der Waals surface area contributed by atoms with Crippen LogP contribution >= 0.6 is 0 Å². The zero-order valence-corrected chi connectivity index (χ0v) is 15.1. The van der Waals surface area contributed by atoms with Crippen molar-refractivity contribution in [1.82, 2.24) is 19.9 Å². The molecule has 1 aliphatic heterocycles. The molecule has 0 fully saturated rings. The van der Waals surface area contributed by atoms with Gasteiger partial charge in [-0.25, -0.2) is 9.97 Å². The summed E-state index contributed by atoms with van der Waals surface area (Å²) >= 11 is 0. The average molecular weight is 359 g/mol. The second-order valence-corrected chi connectivity index (χ2v) is 6.98. The number of pyridine rings is 2. The number of fused-ring (bicyclic) bond motifs is 1. The van der Waals surface area contributed by atoms with Gasteiger partial charge in [-0.1, -0.05) is 12.2 Å². The first kappa shape index (κ1) is 17.0. The zero-order valence-electron chi connectivity index (χ0n) is 15.1. The minimum Gasteiger partial charge on any atom is -0.349 e. The van der Waals surface area contributed by atoms with E-state index in [0.29, 0.717) is 6.54 Å². The van der Waals surface area contributed by atoms with Crippen LogP contribution in [0.3, 0.4) is 0 Å². The van der Waals surface area contributed by atoms with Crippen LogP contribution in [0.25, 0.3) is 28.0 Å². The first-order valence-corrected chi connectivity index (χ1v) is 8.65. The Morgan fingerprint density at radius 1 is 1.19 bits per heavy atom. The van der Waals surface area contributed by atoms with Gasteiger partial charge in [-0.3, -0.25) is 0 Å². The third-order valence-corrected chi connectivity index (χ3v) is 4.72. The highest BCUT2D eigenvalue weighted by atomic mass is 19.1. The van der Waals surface area contributed by atoms with Gasteiger partial charge in [0.15, 0.2) is 0 Å². The molecule has 0 aromatic carbocycles. The third-order valence-electron chi connectivity index (χ3n) is 4.72. The minimum absolute atomic E-state index is 0.507. The SMILES string of the molecule is CC(C)(C#N)N1CC=CC=C1c1cnc2[nH]c(-c3ccc(F)nc3)cc2c1. The summed E-state index contributed by atoms with van der Waals surface area (Å²) in [5, 5.41) is 10.5. The fourth-order valence-electron chi connectivity index (χ4n) is 3.20. The van der Waals surface area contributed by atoms with E-state index in [1.807, 2.05) is 44.2 Å². The summed E-state index contributed by atoms with van der Waals surface area (Å²) in [4.78, 5) is 13.5. The number of aromatic amines is 1. The van der Waals surface area contributed by atoms with Gasteiger partial charge >= 0.3 is 0 Å². The highest BCUT2D eigenvalue weighted by Gasteiger charge is 2.29. The van der Waals surface area contributed by atoms with Gasteiger partial charge in [0.1, 0.15) is 11.2 Å². The van der Waals surface area contributed by atoms with E-state index in [-0.39, 0.29) is 0 Å². The van der Waals surface area contributed by atoms with Crippen molar-refractivity contribution in [2.24, 2.45) is 0 Å². The number of hydrogen-bond acceptors (Lipinski definition) is 4. The van der Waals surface area contributed by atoms with E-state index in [9.17, 15) is 9.65 Å². The van der Waals surface area contributed by atoms with E-state index in [4.69, 9.17) is 0 Å². The summed E-state index contributed by atoms with van der Waals surface area (Å²) < 4.78 is 13.1. The van der Waals surface area contributed by atoms with Crippen LogP contribution in [0.4, 0.5) is 4.39 Å². The molecule has 0 bridgehead atoms. The number of nitrogens with zero attached hydrogens (tertiary/aromatic N) is 4. The van der Waals surface area contributed by atoms with Crippen LogP contribution in [0.2, 0.25) is 0 Å². The maximum Gasteiger partial charge on any atom is 0.212 e. The number of halogens is 1. The molecule has 0 amide bonds. The second-order valence-electron chi connectivity index (χ2n) is 6.98. The Hall–Kier alpha value is -3.46. The molecule has 0 atom stereocenters. The van der Waals surface area contributed by atoms with Crippen LogP contribution < -0.4 is 0 Å². The van der Waals surface area contributed by atoms with E-state index in [0.717, 1.165) is 33.6 Å². The fourth-order valence-corrected chi connectivity index (χ4v) is 3.20. The third kappa shape index (κ3) is 3.08. The van der Waals surface area contributed by atoms with Crippen molar-refractivity contribution in [3.63, 3.8) is 0 Å². The van der Waals surface area contributed by atoms with Crippen LogP contribution in [0.1, 0.15) is 19.4 Å². The molecule has 0 spiro atoms. The Morgan fingerprint density at radius 3 is 2.74 bits per heavy atom. The van der Waals surface area contributed by atoms with Gasteiger partial charge < -0.3 is 9.88 Å². The zero-order chi connectivity index (χ0) is 19.0. The molecule has 0 saturated carbocycles. The molecule has 3 aromatic heterocycles. The molecule has 0 radical (unpaired) electrons. The van der Waals surface area contributed by atoms with Gasteiger partial charge in [0, 0.05) is 46.8 Å². The standard InChI is InChI=1S/C21H18FN5/c1-21(2,13-23)27-8-4-3-5-18(27)16-9-15-10-17(26-20(15)25-12-16)14-6-7-19(22)24-11-14/h3-7,9-12H,8H2,1-2H3,(H,25,26). The molecule has 0 unspecified atom stereocenters. The van der Waals surface area contributed by atoms with Gasteiger partial charge in [-0.05, 0) is 44.2 Å². The van der Waals surface area contributed by atoms with Crippen molar-refractivity contribution >= 4 is 16.7 Å². The highest BCUT2D eigenvalue weighted by Crippen LogP contribution is 2.31. The molecule has 0 saturated heterocycles. The number of H-pyrrole nitrogens is 1. The summed E-state index contributed by atoms with van der Waals surface area (Å²) in [5.41, 5.74) is 3.64. The van der Waals surface area contributed by atoms with Crippen LogP contribution in [-0.2, 0) is 0 Å². The molecular formula is C21H18FN5. The number of hydrogen-bond donors (Lipinski definition) is 1. The Labute approximate surface area is 156 Å². The summed E-state index contributed by atoms with van der Waals surface area (Å²) in [5.74, 6) is -0.507. The van der Waals surface area contributed by atoms with Crippen molar-refractivity contribution in [1.29, 1.82) is 5.26 Å². The van der Waals surface area contributed by atoms with Crippen molar-refractivity contribution in [2.75, 3.05) is 6.54 Å². The molecular weight excluding hydrogens is 341 g/mol. The number of nitriles is 1. The quantitative estimate of drug-likeness (QED) is 0.709. The predicted octanol–water partition coefficient (Wildman–Crippen LogP) is 4.28. The molecule has 5 nitrogen and oxygen atoms in total. The Balaban J connectivity index is 1.75. The maximum atomic E-state index is 13.1. The van der Waals surface area contributed by atoms with Crippen LogP contribution in [-0.4, -0.2) is 31.9 Å². The van der Waals surface area contributed by atoms with Gasteiger partial charge in [-0.15, -0.1) is 0 Å². The number of allylic oxidation sites excluding steroid dienone is 2. The first-order chi connectivity index (χ1) is 13.0. The Kier molecular flexibility index (Phi) is 4.00. The van der Waals surface area contributed by atoms with Crippen LogP contribution in [0, 0.1) is 17.3 Å². The molecule has 134 valence electrons. The first-order valence-electron chi connectivity index (χ1n) is 8.65. The van der Waals surface area contributed by atoms with E-state index in [1.165, 1.54) is 12.3 Å². The summed E-state index contributed by atoms with van der Waals surface area (Å²) in [6.45, 7) is 4.48. The molecule has 4 heterocycles. The number of aromatic nitrogens is 3. The van der Waals surface area contributed by atoms with Crippen molar-refractivity contribution < 1.29 is 4.39 Å². The fraction of sp³-hybridized carbons (Fsp3) is 0.190. The van der Waals surface area contributed by atoms with Crippen molar-refractivity contribution in [3.05, 3.63) is 66.4 Å². The highest BCUT2D eigenvalue weighted by molar-refractivity contribution is 5.86. The van der Waals surface area contributed by atoms with Crippen molar-refractivity contribution in [3.8, 4) is 17.3 Å². The Bertz CT molecular complexity index is 1100. The monoisotopic (exact) mass is 359 g/mol. The van der Waals surface area contributed by atoms with E-state index >= 15 is 0 Å². The van der Waals surface area contributed by atoms with Gasteiger partial charge in [-0.2, -0.15) is 9.65 Å². The predicted molar refractivity (Wildman–Crippen MR) is 103 cm³/mol. The molecule has 1 aliphatic rings. The molecule has 4 rings (SSSR count). The molecule has 27 heavy (non-hydrogen) atoms. The van der Waals surface area contributed by atoms with Gasteiger partial charge in [0.05, 0.1) is 6.07 Å². The molecule has 3 aromatic rings. The number of nitrogens with one attached hydrogen (secondary N) is 1. The van der Waals surface area contributed by atoms with E-state index in [2.05, 4.69) is 25.9 Å². The lowest BCUT2D eigenvalue weighted by molar-refractivity contribution is 0.284. The lowest BCUT2D eigenvalue weighted by atomic mass is 9.99. The lowest BCUT2D eigenvalue weighted by Gasteiger charge is -2.37. The largest absolute Gasteiger partial charge is 0.349 e. The molecule has 0 aliphatic carbocycles. The lowest BCUT2D eigenvalue weighted by Crippen LogP contribution is -2.42. The van der Waals surface area contributed by atoms with Crippen molar-refractivity contribution in [2.45, 2.75) is 19.4 Å². The van der Waals surface area contributed by atoms with Gasteiger partial charge in [0.2, 0.25) is 5.95 Å². The normalized spacial score (nSPS) is 14.3.